The molecule has 2 aliphatic heterocycles. The van der Waals surface area contributed by atoms with Gasteiger partial charge in [0.15, 0.2) is 0 Å². The minimum atomic E-state index is -2.13. The summed E-state index contributed by atoms with van der Waals surface area (Å²) in [5, 5.41) is 3.53. The van der Waals surface area contributed by atoms with Crippen molar-refractivity contribution in [3.8, 4) is 22.3 Å². The van der Waals surface area contributed by atoms with Crippen LogP contribution in [0, 0.1) is 13.8 Å². The summed E-state index contributed by atoms with van der Waals surface area (Å²) in [6, 6.07) is 40.2. The standard InChI is InChI=1S/C27H27.C12H8Si.2ClH.Zr/c1-18-13-19(2)15-23(14-18)26-24-17-22(20-9-7-6-8-10-20)16-21(24)11-12-25(26)27(3,4)5;1-3-7-11-9(5-1)10-6-2-4-8-12(10)13-11;;;/h6-17H,1-5H3;1-7,13H;2*1H;/q;;;;+2/p-2. The first-order valence-electron chi connectivity index (χ1n) is 14.9. The van der Waals surface area contributed by atoms with Crippen LogP contribution < -0.4 is 38.5 Å². The second-order valence-electron chi connectivity index (χ2n) is 13.3. The predicted molar refractivity (Wildman–Crippen MR) is 175 cm³/mol. The Bertz CT molecular complexity index is 1900. The monoisotopic (exact) mass is 691 g/mol. The first-order valence-corrected chi connectivity index (χ1v) is 23.6. The quantitative estimate of drug-likeness (QED) is 0.253. The molecule has 4 heteroatoms. The fraction of sp³-hybridized carbons (Fsp3) is 0.179. The van der Waals surface area contributed by atoms with Crippen molar-refractivity contribution in [2.45, 2.75) is 43.7 Å². The Morgan fingerprint density at radius 3 is 2.07 bits per heavy atom. The SMILES string of the molecule is Cc1cc(C)cc(-c2c(C(C)(C)C)ccc3c2C=C(c2ccccc2)[CH]3[Zr+2]2[c]3cccc4c3[SiH]2c2ccccc2-4)c1.[Cl-].[Cl-]. The largest absolute Gasteiger partial charge is 1.00 e. The van der Waals surface area contributed by atoms with E-state index in [-0.39, 0.29) is 30.2 Å². The molecular formula is C39H35Cl2SiZr. The third kappa shape index (κ3) is 4.64. The number of allylic oxidation sites excluding steroid dienone is 1. The van der Waals surface area contributed by atoms with Crippen LogP contribution in [0.15, 0.2) is 103 Å². The molecule has 2 heterocycles. The summed E-state index contributed by atoms with van der Waals surface area (Å²) in [6.07, 6.45) is 2.63. The van der Waals surface area contributed by atoms with Crippen LogP contribution in [0.1, 0.15) is 57.8 Å². The van der Waals surface area contributed by atoms with Crippen LogP contribution in [0.3, 0.4) is 0 Å². The fourth-order valence-corrected chi connectivity index (χ4v) is 33.8. The Labute approximate surface area is 277 Å². The molecule has 0 saturated carbocycles. The third-order valence-corrected chi connectivity index (χ3v) is 31.7. The first kappa shape index (κ1) is 30.5. The van der Waals surface area contributed by atoms with E-state index in [0.29, 0.717) is 3.63 Å². The van der Waals surface area contributed by atoms with Gasteiger partial charge in [-0.05, 0) is 0 Å². The van der Waals surface area contributed by atoms with Crippen molar-refractivity contribution in [3.63, 3.8) is 0 Å². The van der Waals surface area contributed by atoms with Gasteiger partial charge in [-0.25, -0.2) is 0 Å². The molecule has 0 nitrogen and oxygen atoms in total. The van der Waals surface area contributed by atoms with E-state index in [9.17, 15) is 0 Å². The van der Waals surface area contributed by atoms with E-state index in [1.165, 1.54) is 38.9 Å². The maximum absolute atomic E-state index is 2.63. The Kier molecular flexibility index (Phi) is 7.92. The number of fused-ring (bicyclic) bond motifs is 4. The first-order chi connectivity index (χ1) is 19.8. The Morgan fingerprint density at radius 1 is 0.674 bits per heavy atom. The van der Waals surface area contributed by atoms with E-state index in [1.807, 2.05) is 0 Å². The second-order valence-corrected chi connectivity index (χ2v) is 28.2. The summed E-state index contributed by atoms with van der Waals surface area (Å²) in [7, 11) is 0. The number of aryl methyl sites for hydroxylation is 2. The van der Waals surface area contributed by atoms with Gasteiger partial charge in [-0.3, -0.25) is 0 Å². The zero-order valence-corrected chi connectivity index (χ0v) is 30.4. The van der Waals surface area contributed by atoms with Gasteiger partial charge in [-0.2, -0.15) is 0 Å². The molecule has 0 fully saturated rings. The normalized spacial score (nSPS) is 17.1. The second kappa shape index (κ2) is 11.1. The van der Waals surface area contributed by atoms with E-state index in [0.717, 1.165) is 0 Å². The zero-order valence-electron chi connectivity index (χ0n) is 25.3. The minimum absolute atomic E-state index is 0. The molecule has 0 saturated heterocycles. The van der Waals surface area contributed by atoms with Crippen LogP contribution in [0.4, 0.5) is 0 Å². The van der Waals surface area contributed by atoms with E-state index in [1.54, 1.807) is 35.9 Å². The maximum atomic E-state index is 2.63. The molecule has 2 unspecified atom stereocenters. The predicted octanol–water partition coefficient (Wildman–Crippen LogP) is 1.65. The van der Waals surface area contributed by atoms with Gasteiger partial charge in [0, 0.05) is 0 Å². The van der Waals surface area contributed by atoms with Crippen molar-refractivity contribution in [3.05, 3.63) is 137 Å². The van der Waals surface area contributed by atoms with Crippen LogP contribution in [0.5, 0.6) is 0 Å². The Hall–Kier alpha value is -2.48. The topological polar surface area (TPSA) is 0 Å². The smallest absolute Gasteiger partial charge is 1.00 e. The summed E-state index contributed by atoms with van der Waals surface area (Å²) < 4.78 is 2.37. The molecule has 0 N–H and O–H groups in total. The van der Waals surface area contributed by atoms with E-state index >= 15 is 0 Å². The zero-order chi connectivity index (χ0) is 28.0. The molecule has 0 radical (unpaired) electrons. The minimum Gasteiger partial charge on any atom is -1.00 e. The number of rotatable bonds is 3. The molecule has 2 atom stereocenters. The molecule has 0 spiro atoms. The van der Waals surface area contributed by atoms with E-state index < -0.39 is 26.8 Å². The number of halogens is 2. The summed E-state index contributed by atoms with van der Waals surface area (Å²) >= 11 is -2.13. The summed E-state index contributed by atoms with van der Waals surface area (Å²) in [5.41, 5.74) is 16.2. The molecule has 213 valence electrons. The van der Waals surface area contributed by atoms with Gasteiger partial charge in [0.05, 0.1) is 0 Å². The number of benzene rings is 5. The molecule has 3 aliphatic rings. The molecule has 0 aromatic heterocycles. The van der Waals surface area contributed by atoms with Crippen molar-refractivity contribution >= 4 is 31.2 Å². The Morgan fingerprint density at radius 2 is 1.35 bits per heavy atom. The van der Waals surface area contributed by atoms with Crippen LogP contribution in [-0.4, -0.2) is 5.92 Å². The Balaban J connectivity index is 0.00000165. The van der Waals surface area contributed by atoms with Gasteiger partial charge in [0.25, 0.3) is 0 Å². The van der Waals surface area contributed by atoms with Crippen LogP contribution >= 0.6 is 0 Å². The summed E-state index contributed by atoms with van der Waals surface area (Å²) in [5.74, 6) is -1.17. The van der Waals surface area contributed by atoms with Crippen LogP contribution in [-0.2, 0) is 26.3 Å². The van der Waals surface area contributed by atoms with Crippen molar-refractivity contribution in [1.29, 1.82) is 0 Å². The van der Waals surface area contributed by atoms with E-state index in [2.05, 4.69) is 144 Å². The molecule has 43 heavy (non-hydrogen) atoms. The van der Waals surface area contributed by atoms with Gasteiger partial charge in [0.1, 0.15) is 0 Å². The maximum Gasteiger partial charge on any atom is -1.00 e. The average molecular weight is 694 g/mol. The molecule has 5 aromatic rings. The van der Waals surface area contributed by atoms with Crippen molar-refractivity contribution in [2.24, 2.45) is 0 Å². The van der Waals surface area contributed by atoms with Crippen molar-refractivity contribution in [1.82, 2.24) is 0 Å². The average Bonchev–Trinajstić information content (AvgIpc) is 3.47. The van der Waals surface area contributed by atoms with E-state index in [4.69, 9.17) is 0 Å². The molecular weight excluding hydrogens is 659 g/mol. The van der Waals surface area contributed by atoms with Gasteiger partial charge < -0.3 is 24.8 Å². The third-order valence-electron chi connectivity index (χ3n) is 9.52. The number of hydrogen-bond donors (Lipinski definition) is 0. The molecule has 8 rings (SSSR count). The van der Waals surface area contributed by atoms with Gasteiger partial charge in [-0.1, -0.05) is 0 Å². The van der Waals surface area contributed by atoms with Gasteiger partial charge in [0.2, 0.25) is 0 Å². The molecule has 0 amide bonds. The summed E-state index contributed by atoms with van der Waals surface area (Å²) in [6.45, 7) is 11.6. The molecule has 1 aliphatic carbocycles. The fourth-order valence-electron chi connectivity index (χ4n) is 7.96. The van der Waals surface area contributed by atoms with Gasteiger partial charge >= 0.3 is 255 Å². The van der Waals surface area contributed by atoms with Crippen LogP contribution in [0.2, 0.25) is 0 Å². The van der Waals surface area contributed by atoms with Crippen LogP contribution in [0.25, 0.3) is 33.9 Å². The van der Waals surface area contributed by atoms with Gasteiger partial charge in [-0.15, -0.1) is 0 Å². The summed E-state index contributed by atoms with van der Waals surface area (Å²) in [4.78, 5) is 0. The van der Waals surface area contributed by atoms with Crippen molar-refractivity contribution in [2.75, 3.05) is 0 Å². The van der Waals surface area contributed by atoms with Crippen molar-refractivity contribution < 1.29 is 45.7 Å². The number of hydrogen-bond acceptors (Lipinski definition) is 0. The molecule has 0 bridgehead atoms. The molecule has 5 aromatic carbocycles.